The number of nitrogens with one attached hydrogen (secondary N) is 1. The topological polar surface area (TPSA) is 47.0 Å². The van der Waals surface area contributed by atoms with Crippen molar-refractivity contribution in [3.8, 4) is 5.88 Å². The van der Waals surface area contributed by atoms with Crippen molar-refractivity contribution in [2.75, 3.05) is 13.1 Å². The molecule has 13 heavy (non-hydrogen) atoms. The number of aryl methyl sites for hydroxylation is 1. The normalized spacial score (nSPS) is 15.8. The van der Waals surface area contributed by atoms with Gasteiger partial charge in [-0.1, -0.05) is 0 Å². The lowest BCUT2D eigenvalue weighted by molar-refractivity contribution is 0.134. The lowest BCUT2D eigenvalue weighted by Gasteiger charge is -2.26. The third-order valence-corrected chi connectivity index (χ3v) is 1.80. The summed E-state index contributed by atoms with van der Waals surface area (Å²) < 4.78 is 5.47. The molecular weight excluding hydrogens is 190 g/mol. The van der Waals surface area contributed by atoms with E-state index in [4.69, 9.17) is 4.74 Å². The molecule has 0 saturated carbocycles. The van der Waals surface area contributed by atoms with Crippen molar-refractivity contribution < 1.29 is 4.74 Å². The van der Waals surface area contributed by atoms with Crippen molar-refractivity contribution in [1.82, 2.24) is 15.5 Å². The fraction of sp³-hybridized carbons (Fsp3) is 0.500. The van der Waals surface area contributed by atoms with Crippen LogP contribution >= 0.6 is 12.4 Å². The summed E-state index contributed by atoms with van der Waals surface area (Å²) in [7, 11) is 0. The number of halogens is 1. The first kappa shape index (κ1) is 10.2. The second-order valence-corrected chi connectivity index (χ2v) is 2.91. The van der Waals surface area contributed by atoms with Gasteiger partial charge in [-0.05, 0) is 13.0 Å². The minimum Gasteiger partial charge on any atom is -0.471 e. The fourth-order valence-corrected chi connectivity index (χ4v) is 0.966. The van der Waals surface area contributed by atoms with Crippen molar-refractivity contribution in [1.29, 1.82) is 0 Å². The molecule has 0 radical (unpaired) electrons. The third kappa shape index (κ3) is 2.54. The number of hydrogen-bond donors (Lipinski definition) is 1. The van der Waals surface area contributed by atoms with Crippen molar-refractivity contribution in [2.45, 2.75) is 13.0 Å². The molecule has 0 atom stereocenters. The van der Waals surface area contributed by atoms with Crippen LogP contribution in [-0.2, 0) is 0 Å². The quantitative estimate of drug-likeness (QED) is 0.760. The van der Waals surface area contributed by atoms with Gasteiger partial charge in [-0.2, -0.15) is 5.10 Å². The molecule has 1 saturated heterocycles. The molecule has 1 aliphatic rings. The van der Waals surface area contributed by atoms with E-state index >= 15 is 0 Å². The van der Waals surface area contributed by atoms with Gasteiger partial charge < -0.3 is 10.1 Å². The van der Waals surface area contributed by atoms with Crippen LogP contribution in [0.25, 0.3) is 0 Å². The first-order valence-corrected chi connectivity index (χ1v) is 4.02. The summed E-state index contributed by atoms with van der Waals surface area (Å²) in [6.07, 6.45) is 0.280. The molecule has 2 heterocycles. The van der Waals surface area contributed by atoms with Crippen LogP contribution in [-0.4, -0.2) is 29.4 Å². The van der Waals surface area contributed by atoms with Gasteiger partial charge >= 0.3 is 0 Å². The Labute approximate surface area is 83.1 Å². The van der Waals surface area contributed by atoms with Gasteiger partial charge in [0.15, 0.2) is 0 Å². The van der Waals surface area contributed by atoms with E-state index < -0.39 is 0 Å². The van der Waals surface area contributed by atoms with Crippen LogP contribution in [0.1, 0.15) is 5.69 Å². The number of ether oxygens (including phenoxy) is 1. The van der Waals surface area contributed by atoms with Gasteiger partial charge in [0.2, 0.25) is 5.88 Å². The Kier molecular flexibility index (Phi) is 3.45. The molecule has 0 aromatic carbocycles. The Morgan fingerprint density at radius 3 is 2.62 bits per heavy atom. The number of hydrogen-bond acceptors (Lipinski definition) is 4. The number of aromatic nitrogens is 2. The minimum absolute atomic E-state index is 0. The maximum Gasteiger partial charge on any atom is 0.233 e. The second-order valence-electron chi connectivity index (χ2n) is 2.91. The highest BCUT2D eigenvalue weighted by Gasteiger charge is 2.18. The van der Waals surface area contributed by atoms with Crippen LogP contribution in [0.2, 0.25) is 0 Å². The average molecular weight is 202 g/mol. The molecule has 1 aromatic heterocycles. The molecule has 1 N–H and O–H groups in total. The molecule has 0 spiro atoms. The number of rotatable bonds is 2. The largest absolute Gasteiger partial charge is 0.471 e. The van der Waals surface area contributed by atoms with E-state index in [1.807, 2.05) is 19.1 Å². The van der Waals surface area contributed by atoms with Crippen molar-refractivity contribution >= 4 is 12.4 Å². The Balaban J connectivity index is 0.000000845. The molecule has 1 aromatic rings. The SMILES string of the molecule is Cc1ccc(OC2CNC2)nn1.Cl. The van der Waals surface area contributed by atoms with Gasteiger partial charge in [-0.25, -0.2) is 0 Å². The average Bonchev–Trinajstić information content (AvgIpc) is 2.00. The monoisotopic (exact) mass is 201 g/mol. The van der Waals surface area contributed by atoms with E-state index in [1.165, 1.54) is 0 Å². The highest BCUT2D eigenvalue weighted by molar-refractivity contribution is 5.85. The van der Waals surface area contributed by atoms with E-state index in [0.29, 0.717) is 5.88 Å². The summed E-state index contributed by atoms with van der Waals surface area (Å²) in [5.41, 5.74) is 0.911. The van der Waals surface area contributed by atoms with Crippen molar-refractivity contribution in [2.24, 2.45) is 0 Å². The summed E-state index contributed by atoms with van der Waals surface area (Å²) in [6.45, 7) is 3.73. The Hall–Kier alpha value is -0.870. The van der Waals surface area contributed by atoms with Crippen LogP contribution < -0.4 is 10.1 Å². The third-order valence-electron chi connectivity index (χ3n) is 1.80. The van der Waals surface area contributed by atoms with Crippen molar-refractivity contribution in [3.05, 3.63) is 17.8 Å². The molecule has 0 bridgehead atoms. The predicted molar refractivity (Wildman–Crippen MR) is 51.3 cm³/mol. The summed E-state index contributed by atoms with van der Waals surface area (Å²) in [4.78, 5) is 0. The predicted octanol–water partition coefficient (Wildman–Crippen LogP) is 0.557. The van der Waals surface area contributed by atoms with Gasteiger partial charge in [0.1, 0.15) is 6.10 Å². The molecule has 0 aliphatic carbocycles. The Bertz CT molecular complexity index is 261. The molecule has 2 rings (SSSR count). The van der Waals surface area contributed by atoms with E-state index in [0.717, 1.165) is 18.8 Å². The smallest absolute Gasteiger partial charge is 0.233 e. The molecule has 0 amide bonds. The van der Waals surface area contributed by atoms with Crippen LogP contribution in [0.5, 0.6) is 5.88 Å². The van der Waals surface area contributed by atoms with Crippen LogP contribution in [0.4, 0.5) is 0 Å². The Morgan fingerprint density at radius 2 is 2.15 bits per heavy atom. The number of nitrogens with zero attached hydrogens (tertiary/aromatic N) is 2. The summed E-state index contributed by atoms with van der Waals surface area (Å²) in [6, 6.07) is 3.75. The first-order valence-electron chi connectivity index (χ1n) is 4.02. The second kappa shape index (κ2) is 4.39. The van der Waals surface area contributed by atoms with Gasteiger partial charge in [0.05, 0.1) is 5.69 Å². The zero-order valence-electron chi connectivity index (χ0n) is 7.36. The zero-order valence-corrected chi connectivity index (χ0v) is 8.17. The molecule has 72 valence electrons. The maximum absolute atomic E-state index is 5.47. The van der Waals surface area contributed by atoms with Crippen LogP contribution in [0, 0.1) is 6.92 Å². The van der Waals surface area contributed by atoms with E-state index in [9.17, 15) is 0 Å². The van der Waals surface area contributed by atoms with Gasteiger partial charge in [-0.3, -0.25) is 0 Å². The summed E-state index contributed by atoms with van der Waals surface area (Å²) in [5, 5.41) is 10.9. The summed E-state index contributed by atoms with van der Waals surface area (Å²) in [5.74, 6) is 0.618. The standard InChI is InChI=1S/C8H11N3O.ClH/c1-6-2-3-8(11-10-6)12-7-4-9-5-7;/h2-3,7,9H,4-5H2,1H3;1H. The van der Waals surface area contributed by atoms with E-state index in [2.05, 4.69) is 15.5 Å². The molecular formula is C8H12ClN3O. The maximum atomic E-state index is 5.47. The van der Waals surface area contributed by atoms with Crippen LogP contribution in [0.15, 0.2) is 12.1 Å². The lowest BCUT2D eigenvalue weighted by Crippen LogP contribution is -2.50. The van der Waals surface area contributed by atoms with Gasteiger partial charge in [0, 0.05) is 19.2 Å². The highest BCUT2D eigenvalue weighted by atomic mass is 35.5. The highest BCUT2D eigenvalue weighted by Crippen LogP contribution is 2.08. The van der Waals surface area contributed by atoms with Crippen LogP contribution in [0.3, 0.4) is 0 Å². The minimum atomic E-state index is 0. The first-order chi connectivity index (χ1) is 5.84. The molecule has 5 heteroatoms. The Morgan fingerprint density at radius 1 is 1.38 bits per heavy atom. The molecule has 1 aliphatic heterocycles. The molecule has 1 fully saturated rings. The van der Waals surface area contributed by atoms with E-state index in [-0.39, 0.29) is 18.5 Å². The zero-order chi connectivity index (χ0) is 8.39. The summed E-state index contributed by atoms with van der Waals surface area (Å²) >= 11 is 0. The lowest BCUT2D eigenvalue weighted by atomic mass is 10.2. The van der Waals surface area contributed by atoms with Gasteiger partial charge in [-0.15, -0.1) is 17.5 Å². The van der Waals surface area contributed by atoms with E-state index in [1.54, 1.807) is 0 Å². The van der Waals surface area contributed by atoms with Crippen molar-refractivity contribution in [3.63, 3.8) is 0 Å². The fourth-order valence-electron chi connectivity index (χ4n) is 0.966. The molecule has 0 unspecified atom stereocenters. The van der Waals surface area contributed by atoms with Gasteiger partial charge in [0.25, 0.3) is 0 Å². The molecule has 4 nitrogen and oxygen atoms in total.